The van der Waals surface area contributed by atoms with Crippen LogP contribution in [0, 0.1) is 0 Å². The van der Waals surface area contributed by atoms with Crippen LogP contribution >= 0.6 is 0 Å². The molecule has 0 aliphatic carbocycles. The molecular formula is C13H18O5S. The Labute approximate surface area is 115 Å². The van der Waals surface area contributed by atoms with E-state index in [9.17, 15) is 9.00 Å². The maximum absolute atomic E-state index is 11.8. The summed E-state index contributed by atoms with van der Waals surface area (Å²) in [5, 5.41) is 8.06. The lowest BCUT2D eigenvalue weighted by atomic mass is 10.3. The molecule has 106 valence electrons. The van der Waals surface area contributed by atoms with Gasteiger partial charge in [0, 0.05) is 10.8 Å². The number of carboxylic acid groups (broad SMARTS) is 1. The van der Waals surface area contributed by atoms with E-state index in [4.69, 9.17) is 14.6 Å². The van der Waals surface area contributed by atoms with Crippen molar-refractivity contribution >= 4 is 16.8 Å². The van der Waals surface area contributed by atoms with Gasteiger partial charge in [0.25, 0.3) is 0 Å². The predicted octanol–water partition coefficient (Wildman–Crippen LogP) is 1.69. The molecule has 0 saturated heterocycles. The summed E-state index contributed by atoms with van der Waals surface area (Å²) in [6.45, 7) is 1.90. The second-order valence-corrected chi connectivity index (χ2v) is 5.56. The Morgan fingerprint density at radius 1 is 1.37 bits per heavy atom. The number of aliphatic carboxylic acids is 1. The van der Waals surface area contributed by atoms with E-state index < -0.39 is 22.0 Å². The maximum atomic E-state index is 11.8. The van der Waals surface area contributed by atoms with Gasteiger partial charge in [0.2, 0.25) is 0 Å². The van der Waals surface area contributed by atoms with Crippen molar-refractivity contribution in [1.82, 2.24) is 0 Å². The highest BCUT2D eigenvalue weighted by Crippen LogP contribution is 2.25. The minimum absolute atomic E-state index is 0.183. The highest BCUT2D eigenvalue weighted by atomic mass is 32.2. The van der Waals surface area contributed by atoms with Crippen LogP contribution in [-0.4, -0.2) is 40.0 Å². The zero-order valence-electron chi connectivity index (χ0n) is 11.0. The molecule has 1 rings (SSSR count). The third kappa shape index (κ3) is 4.55. The number of rotatable bonds is 8. The van der Waals surface area contributed by atoms with E-state index in [1.807, 2.05) is 6.07 Å². The zero-order valence-corrected chi connectivity index (χ0v) is 11.8. The van der Waals surface area contributed by atoms with Crippen LogP contribution in [0.15, 0.2) is 24.3 Å². The fraction of sp³-hybridized carbons (Fsp3) is 0.462. The van der Waals surface area contributed by atoms with Gasteiger partial charge in [-0.3, -0.25) is 9.00 Å². The third-order valence-electron chi connectivity index (χ3n) is 2.57. The Morgan fingerprint density at radius 3 is 2.53 bits per heavy atom. The van der Waals surface area contributed by atoms with E-state index in [1.165, 1.54) is 7.11 Å². The number of ether oxygens (including phenoxy) is 2. The van der Waals surface area contributed by atoms with Gasteiger partial charge in [-0.2, -0.15) is 0 Å². The second kappa shape index (κ2) is 7.78. The predicted molar refractivity (Wildman–Crippen MR) is 73.2 cm³/mol. The molecule has 0 radical (unpaired) electrons. The fourth-order valence-corrected chi connectivity index (χ4v) is 2.72. The second-order valence-electron chi connectivity index (χ2n) is 3.82. The first-order valence-corrected chi connectivity index (χ1v) is 7.34. The summed E-state index contributed by atoms with van der Waals surface area (Å²) in [4.78, 5) is 10.9. The molecule has 2 unspecified atom stereocenters. The molecule has 0 heterocycles. The molecule has 1 N–H and O–H groups in total. The van der Waals surface area contributed by atoms with Crippen LogP contribution in [0.5, 0.6) is 11.5 Å². The Morgan fingerprint density at radius 2 is 2.00 bits per heavy atom. The first kappa shape index (κ1) is 15.5. The van der Waals surface area contributed by atoms with Crippen LogP contribution in [0.4, 0.5) is 0 Å². The summed E-state index contributed by atoms with van der Waals surface area (Å²) in [7, 11) is 0.104. The van der Waals surface area contributed by atoms with Crippen LogP contribution in [0.2, 0.25) is 0 Å². The van der Waals surface area contributed by atoms with Gasteiger partial charge in [-0.25, -0.2) is 0 Å². The van der Waals surface area contributed by atoms with Crippen molar-refractivity contribution in [3.63, 3.8) is 0 Å². The van der Waals surface area contributed by atoms with E-state index in [1.54, 1.807) is 25.1 Å². The van der Waals surface area contributed by atoms with Gasteiger partial charge in [0.15, 0.2) is 11.5 Å². The molecule has 0 aliphatic rings. The summed E-state index contributed by atoms with van der Waals surface area (Å²) < 4.78 is 22.4. The number of para-hydroxylation sites is 2. The summed E-state index contributed by atoms with van der Waals surface area (Å²) >= 11 is 0. The maximum Gasteiger partial charge on any atom is 0.319 e. The molecule has 1 aromatic rings. The lowest BCUT2D eigenvalue weighted by Crippen LogP contribution is -2.28. The summed E-state index contributed by atoms with van der Waals surface area (Å²) in [6.07, 6.45) is 0.344. The smallest absolute Gasteiger partial charge is 0.319 e. The number of carbonyl (C=O) groups is 1. The summed E-state index contributed by atoms with van der Waals surface area (Å²) in [5.41, 5.74) is 0. The minimum Gasteiger partial charge on any atom is -0.493 e. The van der Waals surface area contributed by atoms with E-state index >= 15 is 0 Å². The molecule has 1 aromatic carbocycles. The third-order valence-corrected chi connectivity index (χ3v) is 4.31. The largest absolute Gasteiger partial charge is 0.493 e. The molecular weight excluding hydrogens is 268 g/mol. The molecule has 0 aromatic heterocycles. The van der Waals surface area contributed by atoms with E-state index in [-0.39, 0.29) is 12.4 Å². The van der Waals surface area contributed by atoms with Crippen LogP contribution in [0.3, 0.4) is 0 Å². The molecule has 2 atom stereocenters. The van der Waals surface area contributed by atoms with Gasteiger partial charge in [0.05, 0.1) is 19.5 Å². The van der Waals surface area contributed by atoms with Gasteiger partial charge in [-0.15, -0.1) is 0 Å². The minimum atomic E-state index is -1.44. The summed E-state index contributed by atoms with van der Waals surface area (Å²) in [6, 6.07) is 7.14. The Hall–Kier alpha value is -1.56. The van der Waals surface area contributed by atoms with Crippen molar-refractivity contribution < 1.29 is 23.6 Å². The Bertz CT molecular complexity index is 446. The van der Waals surface area contributed by atoms with Gasteiger partial charge in [0.1, 0.15) is 5.25 Å². The Balaban J connectivity index is 2.50. The average Bonchev–Trinajstić information content (AvgIpc) is 2.39. The molecule has 6 heteroatoms. The average molecular weight is 286 g/mol. The lowest BCUT2D eigenvalue weighted by Gasteiger charge is -2.12. The van der Waals surface area contributed by atoms with Crippen molar-refractivity contribution in [2.75, 3.05) is 19.5 Å². The fourth-order valence-electron chi connectivity index (χ4n) is 1.59. The monoisotopic (exact) mass is 286 g/mol. The van der Waals surface area contributed by atoms with Crippen LogP contribution in [0.1, 0.15) is 13.3 Å². The topological polar surface area (TPSA) is 72.8 Å². The van der Waals surface area contributed by atoms with Crippen LogP contribution in [0.25, 0.3) is 0 Å². The van der Waals surface area contributed by atoms with Crippen molar-refractivity contribution in [2.24, 2.45) is 0 Å². The summed E-state index contributed by atoms with van der Waals surface area (Å²) in [5.74, 6) is 0.310. The van der Waals surface area contributed by atoms with Gasteiger partial charge < -0.3 is 14.6 Å². The number of hydrogen-bond donors (Lipinski definition) is 1. The number of methoxy groups -OCH3 is 1. The highest BCUT2D eigenvalue weighted by Gasteiger charge is 2.22. The normalized spacial score (nSPS) is 13.6. The number of benzene rings is 1. The van der Waals surface area contributed by atoms with Gasteiger partial charge >= 0.3 is 5.97 Å². The van der Waals surface area contributed by atoms with Crippen LogP contribution in [-0.2, 0) is 15.6 Å². The van der Waals surface area contributed by atoms with Gasteiger partial charge in [-0.05, 0) is 18.6 Å². The van der Waals surface area contributed by atoms with E-state index in [2.05, 4.69) is 0 Å². The van der Waals surface area contributed by atoms with Crippen LogP contribution < -0.4 is 9.47 Å². The molecule has 0 spiro atoms. The van der Waals surface area contributed by atoms with Gasteiger partial charge in [-0.1, -0.05) is 19.1 Å². The SMILES string of the molecule is CCC(C(=O)O)S(=O)CCOc1ccccc1OC. The highest BCUT2D eigenvalue weighted by molar-refractivity contribution is 7.86. The molecule has 0 amide bonds. The molecule has 5 nitrogen and oxygen atoms in total. The number of carboxylic acids is 1. The lowest BCUT2D eigenvalue weighted by molar-refractivity contribution is -0.136. The molecule has 19 heavy (non-hydrogen) atoms. The van der Waals surface area contributed by atoms with E-state index in [0.29, 0.717) is 17.9 Å². The van der Waals surface area contributed by atoms with E-state index in [0.717, 1.165) is 0 Å². The quantitative estimate of drug-likeness (QED) is 0.787. The Kier molecular flexibility index (Phi) is 6.35. The first-order valence-electron chi connectivity index (χ1n) is 5.96. The zero-order chi connectivity index (χ0) is 14.3. The van der Waals surface area contributed by atoms with Crippen molar-refractivity contribution in [3.05, 3.63) is 24.3 Å². The molecule has 0 saturated carbocycles. The standard InChI is InChI=1S/C13H18O5S/c1-3-12(13(14)15)19(16)9-8-18-11-7-5-4-6-10(11)17-2/h4-7,12H,3,8-9H2,1-2H3,(H,14,15). The van der Waals surface area contributed by atoms with Crippen molar-refractivity contribution in [1.29, 1.82) is 0 Å². The first-order chi connectivity index (χ1) is 9.10. The molecule has 0 fully saturated rings. The molecule has 0 aliphatic heterocycles. The molecule has 0 bridgehead atoms. The van der Waals surface area contributed by atoms with Crippen molar-refractivity contribution in [2.45, 2.75) is 18.6 Å². The number of hydrogen-bond acceptors (Lipinski definition) is 4. The van der Waals surface area contributed by atoms with Crippen molar-refractivity contribution in [3.8, 4) is 11.5 Å².